The molecule has 2 bridgehead atoms. The predicted molar refractivity (Wildman–Crippen MR) is 73.8 cm³/mol. The van der Waals surface area contributed by atoms with Crippen LogP contribution < -0.4 is 10.1 Å². The van der Waals surface area contributed by atoms with Gasteiger partial charge in [-0.15, -0.1) is 0 Å². The molecule has 0 amide bonds. The first-order valence-electron chi connectivity index (χ1n) is 7.60. The lowest BCUT2D eigenvalue weighted by Gasteiger charge is -2.60. The van der Waals surface area contributed by atoms with Gasteiger partial charge in [0.15, 0.2) is 11.5 Å². The summed E-state index contributed by atoms with van der Waals surface area (Å²) >= 11 is 0. The van der Waals surface area contributed by atoms with Crippen LogP contribution in [-0.2, 0) is 16.6 Å². The van der Waals surface area contributed by atoms with Gasteiger partial charge < -0.3 is 20.3 Å². The molecule has 5 rings (SSSR count). The van der Waals surface area contributed by atoms with Crippen LogP contribution in [-0.4, -0.2) is 34.2 Å². The van der Waals surface area contributed by atoms with Crippen LogP contribution in [0.3, 0.4) is 0 Å². The molecule has 1 saturated heterocycles. The second-order valence-electron chi connectivity index (χ2n) is 6.86. The van der Waals surface area contributed by atoms with Crippen LogP contribution in [0.2, 0.25) is 0 Å². The third kappa shape index (κ3) is 1.23. The number of hydrogen-bond donors (Lipinski definition) is 3. The van der Waals surface area contributed by atoms with Crippen molar-refractivity contribution in [2.75, 3.05) is 6.54 Å². The average Bonchev–Trinajstić information content (AvgIpc) is 3.22. The summed E-state index contributed by atoms with van der Waals surface area (Å²) < 4.78 is 5.42. The number of ketones is 1. The quantitative estimate of drug-likeness (QED) is 0.633. The molecule has 0 radical (unpaired) electrons. The second kappa shape index (κ2) is 3.42. The number of phenolic OH excluding ortho intramolecular Hbond substituents is 1. The Hall–Kier alpha value is -1.59. The number of aliphatic hydroxyl groups is 1. The van der Waals surface area contributed by atoms with E-state index in [4.69, 9.17) is 4.74 Å². The van der Waals surface area contributed by atoms with Crippen molar-refractivity contribution in [1.29, 1.82) is 0 Å². The maximum absolute atomic E-state index is 12.1. The fourth-order valence-electron chi connectivity index (χ4n) is 4.98. The Morgan fingerprint density at radius 2 is 2.19 bits per heavy atom. The minimum Gasteiger partial charge on any atom is -0.504 e. The molecular formula is C16H17NO4. The lowest BCUT2D eigenvalue weighted by Crippen LogP contribution is -2.72. The SMILES string of the molecule is O=C1CC[C@@]2(O)[C@H]3Cc4c(cc(O)c5c4O5)[C@@]2(CCN3)C1. The van der Waals surface area contributed by atoms with E-state index in [1.807, 2.05) is 0 Å². The van der Waals surface area contributed by atoms with Crippen molar-refractivity contribution in [3.63, 3.8) is 0 Å². The minimum absolute atomic E-state index is 0.0373. The van der Waals surface area contributed by atoms with Crippen molar-refractivity contribution >= 4 is 5.78 Å². The Kier molecular flexibility index (Phi) is 1.95. The Bertz CT molecular complexity index is 700. The molecule has 0 unspecified atom stereocenters. The van der Waals surface area contributed by atoms with E-state index < -0.39 is 11.0 Å². The van der Waals surface area contributed by atoms with Crippen molar-refractivity contribution in [3.8, 4) is 17.2 Å². The van der Waals surface area contributed by atoms with E-state index in [0.717, 1.165) is 29.8 Å². The number of carbonyl (C=O) groups excluding carboxylic acids is 1. The molecule has 4 aliphatic rings. The topological polar surface area (TPSA) is 82.1 Å². The van der Waals surface area contributed by atoms with Gasteiger partial charge in [0.1, 0.15) is 5.78 Å². The Morgan fingerprint density at radius 1 is 1.33 bits per heavy atom. The summed E-state index contributed by atoms with van der Waals surface area (Å²) in [6.45, 7) is 0.790. The molecule has 2 fully saturated rings. The maximum Gasteiger partial charge on any atom is 0.211 e. The fraction of sp³-hybridized carbons (Fsp3) is 0.562. The molecule has 3 atom stereocenters. The van der Waals surface area contributed by atoms with Gasteiger partial charge in [-0.05, 0) is 37.4 Å². The zero-order valence-corrected chi connectivity index (χ0v) is 11.6. The van der Waals surface area contributed by atoms with Gasteiger partial charge in [0, 0.05) is 29.9 Å². The molecule has 0 aromatic heterocycles. The maximum atomic E-state index is 12.1. The molecule has 110 valence electrons. The van der Waals surface area contributed by atoms with Gasteiger partial charge in [0.05, 0.1) is 5.60 Å². The summed E-state index contributed by atoms with van der Waals surface area (Å²) in [4.78, 5) is 12.1. The van der Waals surface area contributed by atoms with Crippen molar-refractivity contribution in [2.45, 2.75) is 49.2 Å². The monoisotopic (exact) mass is 287 g/mol. The van der Waals surface area contributed by atoms with Crippen molar-refractivity contribution < 1.29 is 19.7 Å². The third-order valence-corrected chi connectivity index (χ3v) is 6.04. The highest BCUT2D eigenvalue weighted by Gasteiger charge is 2.64. The zero-order chi connectivity index (χ0) is 14.4. The molecule has 1 aromatic carbocycles. The molecule has 5 nitrogen and oxygen atoms in total. The largest absolute Gasteiger partial charge is 0.504 e. The van der Waals surface area contributed by atoms with Crippen molar-refractivity contribution in [3.05, 3.63) is 17.2 Å². The van der Waals surface area contributed by atoms with E-state index in [2.05, 4.69) is 5.32 Å². The van der Waals surface area contributed by atoms with Crippen LogP contribution in [0.4, 0.5) is 0 Å². The number of hydrogen-bond acceptors (Lipinski definition) is 5. The van der Waals surface area contributed by atoms with Gasteiger partial charge >= 0.3 is 0 Å². The number of Topliss-reactive ketones (excluding diaryl/α,β-unsaturated/α-hetero) is 1. The van der Waals surface area contributed by atoms with E-state index in [9.17, 15) is 15.0 Å². The Morgan fingerprint density at radius 3 is 3.05 bits per heavy atom. The number of rotatable bonds is 0. The number of ether oxygens (including phenoxy) is 1. The number of nitrogens with one attached hydrogen (secondary N) is 1. The van der Waals surface area contributed by atoms with Crippen LogP contribution in [0.25, 0.3) is 0 Å². The predicted octanol–water partition coefficient (Wildman–Crippen LogP) is 1.14. The van der Waals surface area contributed by atoms with E-state index in [-0.39, 0.29) is 17.6 Å². The summed E-state index contributed by atoms with van der Waals surface area (Å²) in [5.41, 5.74) is 0.537. The molecule has 5 heteroatoms. The summed E-state index contributed by atoms with van der Waals surface area (Å²) in [6.07, 6.45) is 2.73. The molecule has 0 spiro atoms. The standard InChI is InChI=1S/C16H17NO4/c18-8-1-2-16(20)12-5-9-10(6-11(19)14-13(9)21-14)15(16,7-8)3-4-17-12/h6,12,17,19-20H,1-5,7H2/t12-,15-,16-/m1/s1. The number of benzene rings is 1. The molecule has 1 aromatic rings. The highest BCUT2D eigenvalue weighted by molar-refractivity contribution is 5.83. The normalized spacial score (nSPS) is 38.9. The van der Waals surface area contributed by atoms with Crippen LogP contribution in [0.1, 0.15) is 36.8 Å². The zero-order valence-electron chi connectivity index (χ0n) is 11.6. The molecule has 21 heavy (non-hydrogen) atoms. The van der Waals surface area contributed by atoms with E-state index >= 15 is 0 Å². The van der Waals surface area contributed by atoms with Crippen LogP contribution in [0.15, 0.2) is 6.07 Å². The Balaban J connectivity index is 1.81. The number of carbonyl (C=O) groups is 1. The first-order valence-corrected chi connectivity index (χ1v) is 7.60. The van der Waals surface area contributed by atoms with E-state index in [1.165, 1.54) is 0 Å². The minimum atomic E-state index is -0.901. The summed E-state index contributed by atoms with van der Waals surface area (Å²) in [5, 5.41) is 24.9. The van der Waals surface area contributed by atoms with Gasteiger partial charge in [-0.25, -0.2) is 0 Å². The van der Waals surface area contributed by atoms with Gasteiger partial charge in [0.2, 0.25) is 5.75 Å². The molecule has 2 heterocycles. The number of fused-ring (bicyclic) bond motifs is 3. The van der Waals surface area contributed by atoms with Crippen molar-refractivity contribution in [1.82, 2.24) is 5.32 Å². The smallest absolute Gasteiger partial charge is 0.211 e. The molecule has 3 N–H and O–H groups in total. The summed E-state index contributed by atoms with van der Waals surface area (Å²) in [6, 6.07) is 1.69. The lowest BCUT2D eigenvalue weighted by molar-refractivity contribution is -0.149. The van der Waals surface area contributed by atoms with Gasteiger partial charge in [-0.1, -0.05) is 0 Å². The van der Waals surface area contributed by atoms with Crippen molar-refractivity contribution in [2.24, 2.45) is 0 Å². The molecular weight excluding hydrogens is 270 g/mol. The number of piperidine rings is 1. The van der Waals surface area contributed by atoms with Crippen LogP contribution >= 0.6 is 0 Å². The third-order valence-electron chi connectivity index (χ3n) is 6.04. The number of aromatic hydroxyl groups is 1. The molecule has 1 saturated carbocycles. The van der Waals surface area contributed by atoms with E-state index in [0.29, 0.717) is 31.4 Å². The van der Waals surface area contributed by atoms with Crippen LogP contribution in [0, 0.1) is 0 Å². The van der Waals surface area contributed by atoms with Gasteiger partial charge in [-0.2, -0.15) is 0 Å². The number of phenols is 1. The fourth-order valence-corrected chi connectivity index (χ4v) is 4.98. The van der Waals surface area contributed by atoms with E-state index in [1.54, 1.807) is 6.07 Å². The Labute approximate surface area is 121 Å². The lowest BCUT2D eigenvalue weighted by atomic mass is 9.50. The van der Waals surface area contributed by atoms with Crippen LogP contribution in [0.5, 0.6) is 17.2 Å². The molecule has 2 aliphatic heterocycles. The molecule has 2 aliphatic carbocycles. The van der Waals surface area contributed by atoms with Gasteiger partial charge in [-0.3, -0.25) is 4.79 Å². The highest BCUT2D eigenvalue weighted by Crippen LogP contribution is 2.63. The van der Waals surface area contributed by atoms with Gasteiger partial charge in [0.25, 0.3) is 0 Å². The summed E-state index contributed by atoms with van der Waals surface area (Å²) in [7, 11) is 0. The highest BCUT2D eigenvalue weighted by atomic mass is 16.6. The average molecular weight is 287 g/mol. The second-order valence-corrected chi connectivity index (χ2v) is 6.86. The summed E-state index contributed by atoms with van der Waals surface area (Å²) in [5.74, 6) is 1.67. The first kappa shape index (κ1) is 12.0. The first-order chi connectivity index (χ1) is 10.1.